The Morgan fingerprint density at radius 3 is 2.92 bits per heavy atom. The first kappa shape index (κ1) is 17.0. The van der Waals surface area contributed by atoms with Crippen LogP contribution in [0, 0.1) is 5.92 Å². The van der Waals surface area contributed by atoms with Gasteiger partial charge < -0.3 is 16.0 Å². The molecule has 7 nitrogen and oxygen atoms in total. The lowest BCUT2D eigenvalue weighted by atomic mass is 10.0. The second kappa shape index (κ2) is 7.38. The third kappa shape index (κ3) is 4.37. The molecule has 0 radical (unpaired) electrons. The number of benzene rings is 1. The number of carbonyl (C=O) groups excluding carboxylic acids is 2. The van der Waals surface area contributed by atoms with Crippen LogP contribution in [0.2, 0.25) is 0 Å². The number of nitrogens with one attached hydrogen (secondary N) is 1. The van der Waals surface area contributed by atoms with E-state index in [0.29, 0.717) is 18.0 Å². The molecular formula is C18H23N5O2. The number of amides is 3. The molecule has 2 aromatic rings. The highest BCUT2D eigenvalue weighted by molar-refractivity contribution is 5.92. The number of carbonyl (C=O) groups is 2. The van der Waals surface area contributed by atoms with E-state index in [4.69, 9.17) is 5.73 Å². The van der Waals surface area contributed by atoms with E-state index < -0.39 is 5.91 Å². The maximum absolute atomic E-state index is 12.3. The van der Waals surface area contributed by atoms with Crippen molar-refractivity contribution in [2.24, 2.45) is 18.7 Å². The quantitative estimate of drug-likeness (QED) is 0.858. The first-order valence-corrected chi connectivity index (χ1v) is 8.40. The molecule has 0 saturated carbocycles. The van der Waals surface area contributed by atoms with Gasteiger partial charge in [0.05, 0.1) is 6.20 Å². The predicted octanol–water partition coefficient (Wildman–Crippen LogP) is 1.29. The average Bonchev–Trinajstić information content (AvgIpc) is 3.22. The third-order valence-electron chi connectivity index (χ3n) is 4.51. The number of hydrogen-bond acceptors (Lipinski definition) is 3. The highest BCUT2D eigenvalue weighted by Crippen LogP contribution is 2.20. The van der Waals surface area contributed by atoms with Gasteiger partial charge in [0.25, 0.3) is 0 Å². The summed E-state index contributed by atoms with van der Waals surface area (Å²) in [7, 11) is 1.91. The number of likely N-dealkylation sites (tertiary alicyclic amines) is 1. The van der Waals surface area contributed by atoms with Crippen molar-refractivity contribution in [3.8, 4) is 0 Å². The zero-order chi connectivity index (χ0) is 17.8. The Balaban J connectivity index is 1.49. The zero-order valence-corrected chi connectivity index (χ0v) is 14.3. The van der Waals surface area contributed by atoms with E-state index in [2.05, 4.69) is 10.4 Å². The molecule has 132 valence electrons. The fourth-order valence-electron chi connectivity index (χ4n) is 3.22. The highest BCUT2D eigenvalue weighted by Gasteiger charge is 2.26. The van der Waals surface area contributed by atoms with Gasteiger partial charge in [-0.3, -0.25) is 9.48 Å². The lowest BCUT2D eigenvalue weighted by molar-refractivity contribution is 0.1000. The Kier molecular flexibility index (Phi) is 5.02. The Morgan fingerprint density at radius 2 is 2.20 bits per heavy atom. The molecule has 0 aliphatic carbocycles. The van der Waals surface area contributed by atoms with Crippen molar-refractivity contribution in [1.29, 1.82) is 0 Å². The molecule has 0 bridgehead atoms. The van der Waals surface area contributed by atoms with Gasteiger partial charge >= 0.3 is 6.03 Å². The van der Waals surface area contributed by atoms with Gasteiger partial charge in [-0.1, -0.05) is 12.1 Å². The molecule has 1 aromatic carbocycles. The summed E-state index contributed by atoms with van der Waals surface area (Å²) in [5.41, 5.74) is 7.79. The monoisotopic (exact) mass is 341 g/mol. The van der Waals surface area contributed by atoms with Crippen LogP contribution >= 0.6 is 0 Å². The lowest BCUT2D eigenvalue weighted by Crippen LogP contribution is -2.38. The van der Waals surface area contributed by atoms with Crippen LogP contribution in [-0.4, -0.2) is 39.7 Å². The zero-order valence-electron chi connectivity index (χ0n) is 14.3. The molecule has 1 aliphatic rings. The first-order chi connectivity index (χ1) is 12.0. The third-order valence-corrected chi connectivity index (χ3v) is 4.51. The van der Waals surface area contributed by atoms with Crippen LogP contribution in [0.15, 0.2) is 36.7 Å². The number of aryl methyl sites for hydroxylation is 1. The Labute approximate surface area is 146 Å². The predicted molar refractivity (Wildman–Crippen MR) is 93.8 cm³/mol. The first-order valence-electron chi connectivity index (χ1n) is 8.40. The molecule has 7 heteroatoms. The molecule has 0 spiro atoms. The molecule has 1 saturated heterocycles. The van der Waals surface area contributed by atoms with Crippen LogP contribution in [0.25, 0.3) is 0 Å². The van der Waals surface area contributed by atoms with Crippen LogP contribution in [0.5, 0.6) is 0 Å². The van der Waals surface area contributed by atoms with E-state index in [0.717, 1.165) is 31.5 Å². The summed E-state index contributed by atoms with van der Waals surface area (Å²) in [5, 5.41) is 7.10. The fraction of sp³-hybridized carbons (Fsp3) is 0.389. The molecule has 2 heterocycles. The minimum Gasteiger partial charge on any atom is -0.366 e. The molecule has 3 N–H and O–H groups in total. The molecule has 25 heavy (non-hydrogen) atoms. The van der Waals surface area contributed by atoms with Gasteiger partial charge in [-0.05, 0) is 42.0 Å². The summed E-state index contributed by atoms with van der Waals surface area (Å²) in [6, 6.07) is 6.93. The van der Waals surface area contributed by atoms with Crippen molar-refractivity contribution in [1.82, 2.24) is 20.0 Å². The van der Waals surface area contributed by atoms with Crippen LogP contribution in [0.1, 0.15) is 27.9 Å². The largest absolute Gasteiger partial charge is 0.366 e. The second-order valence-electron chi connectivity index (χ2n) is 6.55. The van der Waals surface area contributed by atoms with E-state index in [1.165, 1.54) is 5.56 Å². The normalized spacial score (nSPS) is 16.8. The summed E-state index contributed by atoms with van der Waals surface area (Å²) in [6.07, 6.45) is 5.85. The lowest BCUT2D eigenvalue weighted by Gasteiger charge is -2.17. The average molecular weight is 341 g/mol. The van der Waals surface area contributed by atoms with Gasteiger partial charge in [0.1, 0.15) is 0 Å². The second-order valence-corrected chi connectivity index (χ2v) is 6.55. The maximum Gasteiger partial charge on any atom is 0.317 e. The molecule has 1 aromatic heterocycles. The molecular weight excluding hydrogens is 318 g/mol. The number of hydrogen-bond donors (Lipinski definition) is 2. The van der Waals surface area contributed by atoms with E-state index >= 15 is 0 Å². The Morgan fingerprint density at radius 1 is 1.36 bits per heavy atom. The minimum atomic E-state index is -0.467. The van der Waals surface area contributed by atoms with Gasteiger partial charge in [0, 0.05) is 38.4 Å². The van der Waals surface area contributed by atoms with Crippen molar-refractivity contribution < 1.29 is 9.59 Å². The van der Waals surface area contributed by atoms with E-state index in [1.54, 1.807) is 22.9 Å². The van der Waals surface area contributed by atoms with Gasteiger partial charge in [0.2, 0.25) is 5.91 Å². The van der Waals surface area contributed by atoms with E-state index in [9.17, 15) is 9.59 Å². The number of urea groups is 1. The molecule has 0 unspecified atom stereocenters. The molecule has 1 aliphatic heterocycles. The summed E-state index contributed by atoms with van der Waals surface area (Å²) >= 11 is 0. The number of primary amides is 1. The van der Waals surface area contributed by atoms with E-state index in [-0.39, 0.29) is 6.03 Å². The SMILES string of the molecule is Cn1cc(C[C@H]2CCN(C(=O)NCc3cccc(C(N)=O)c3)C2)cn1. The van der Waals surface area contributed by atoms with Gasteiger partial charge in [-0.25, -0.2) is 4.79 Å². The summed E-state index contributed by atoms with van der Waals surface area (Å²) in [4.78, 5) is 25.4. The van der Waals surface area contributed by atoms with Crippen molar-refractivity contribution >= 4 is 11.9 Å². The molecule has 1 fully saturated rings. The number of rotatable bonds is 5. The Bertz CT molecular complexity index is 770. The Hall–Kier alpha value is -2.83. The summed E-state index contributed by atoms with van der Waals surface area (Å²) < 4.78 is 1.80. The van der Waals surface area contributed by atoms with Crippen molar-refractivity contribution in [3.05, 3.63) is 53.3 Å². The standard InChI is InChI=1S/C18H23N5O2/c1-22-11-15(10-21-22)7-14-5-6-23(12-14)18(25)20-9-13-3-2-4-16(8-13)17(19)24/h2-4,8,10-11,14H,5-7,9,12H2,1H3,(H2,19,24)(H,20,25)/t14-/m1/s1. The van der Waals surface area contributed by atoms with Crippen molar-refractivity contribution in [2.75, 3.05) is 13.1 Å². The molecule has 1 atom stereocenters. The summed E-state index contributed by atoms with van der Waals surface area (Å²) in [6.45, 7) is 1.89. The smallest absolute Gasteiger partial charge is 0.317 e. The fourth-order valence-corrected chi connectivity index (χ4v) is 3.22. The molecule has 3 amide bonds. The van der Waals surface area contributed by atoms with E-state index in [1.807, 2.05) is 30.4 Å². The van der Waals surface area contributed by atoms with Crippen LogP contribution < -0.4 is 11.1 Å². The number of nitrogens with zero attached hydrogens (tertiary/aromatic N) is 3. The number of nitrogens with two attached hydrogens (primary N) is 1. The van der Waals surface area contributed by atoms with Gasteiger partial charge in [0.15, 0.2) is 0 Å². The highest BCUT2D eigenvalue weighted by atomic mass is 16.2. The maximum atomic E-state index is 12.3. The van der Waals surface area contributed by atoms with Crippen molar-refractivity contribution in [2.45, 2.75) is 19.4 Å². The van der Waals surface area contributed by atoms with Gasteiger partial charge in [-0.15, -0.1) is 0 Å². The topological polar surface area (TPSA) is 93.3 Å². The minimum absolute atomic E-state index is 0.0711. The van der Waals surface area contributed by atoms with Crippen LogP contribution in [-0.2, 0) is 20.0 Å². The van der Waals surface area contributed by atoms with Crippen molar-refractivity contribution in [3.63, 3.8) is 0 Å². The molecule has 3 rings (SSSR count). The van der Waals surface area contributed by atoms with Gasteiger partial charge in [-0.2, -0.15) is 5.10 Å². The number of aromatic nitrogens is 2. The van der Waals surface area contributed by atoms with Crippen LogP contribution in [0.4, 0.5) is 4.79 Å². The van der Waals surface area contributed by atoms with Crippen LogP contribution in [0.3, 0.4) is 0 Å². The summed E-state index contributed by atoms with van der Waals surface area (Å²) in [5.74, 6) is -0.000831.